The van der Waals surface area contributed by atoms with Crippen molar-refractivity contribution in [1.29, 1.82) is 0 Å². The van der Waals surface area contributed by atoms with Crippen molar-refractivity contribution in [3.63, 3.8) is 0 Å². The van der Waals surface area contributed by atoms with E-state index in [0.29, 0.717) is 5.52 Å². The van der Waals surface area contributed by atoms with Crippen molar-refractivity contribution in [2.75, 3.05) is 0 Å². The van der Waals surface area contributed by atoms with Crippen LogP contribution in [0, 0.1) is 6.92 Å². The minimum absolute atomic E-state index is 0.233. The van der Waals surface area contributed by atoms with E-state index in [1.54, 1.807) is 12.3 Å². The van der Waals surface area contributed by atoms with E-state index in [4.69, 9.17) is 0 Å². The summed E-state index contributed by atoms with van der Waals surface area (Å²) in [6.45, 7) is 2.04. The molecule has 1 aromatic heterocycles. The Morgan fingerprint density at radius 1 is 1.10 bits per heavy atom. The van der Waals surface area contributed by atoms with Gasteiger partial charge in [0.25, 0.3) is 0 Å². The summed E-state index contributed by atoms with van der Waals surface area (Å²) >= 11 is 0. The number of aryl methyl sites for hydroxylation is 1. The topological polar surface area (TPSA) is 50.2 Å². The van der Waals surface area contributed by atoms with Crippen LogP contribution in [0.2, 0.25) is 0 Å². The number of nitrogens with zero attached hydrogens (tertiary/aromatic N) is 1. The molecule has 0 atom stereocenters. The molecule has 1 heterocycles. The lowest BCUT2D eigenvalue weighted by Gasteiger charge is -2.09. The van der Waals surface area contributed by atoms with Crippen LogP contribution < -0.4 is 0 Å². The summed E-state index contributed by atoms with van der Waals surface area (Å²) in [6, 6.07) is 15.3. The molecule has 0 unspecified atom stereocenters. The number of rotatable bonds is 2. The fourth-order valence-corrected chi connectivity index (χ4v) is 2.41. The van der Waals surface area contributed by atoms with E-state index < -0.39 is 5.97 Å². The number of pyridine rings is 1. The first-order valence-electron chi connectivity index (χ1n) is 6.35. The lowest BCUT2D eigenvalue weighted by Crippen LogP contribution is -1.99. The largest absolute Gasteiger partial charge is 0.478 e. The molecule has 0 aliphatic rings. The number of hydrogen-bond donors (Lipinski definition) is 1. The molecule has 3 heteroatoms. The van der Waals surface area contributed by atoms with Gasteiger partial charge in [-0.2, -0.15) is 0 Å². The Balaban J connectivity index is 2.33. The highest BCUT2D eigenvalue weighted by Crippen LogP contribution is 2.30. The van der Waals surface area contributed by atoms with Crippen LogP contribution in [0.15, 0.2) is 54.7 Å². The van der Waals surface area contributed by atoms with Gasteiger partial charge in [0.1, 0.15) is 0 Å². The zero-order valence-electron chi connectivity index (χ0n) is 11.0. The molecule has 0 fully saturated rings. The summed E-state index contributed by atoms with van der Waals surface area (Å²) in [4.78, 5) is 15.5. The molecule has 20 heavy (non-hydrogen) atoms. The zero-order valence-corrected chi connectivity index (χ0v) is 11.0. The number of aromatic carboxylic acids is 1. The van der Waals surface area contributed by atoms with E-state index in [2.05, 4.69) is 11.1 Å². The van der Waals surface area contributed by atoms with Gasteiger partial charge in [0, 0.05) is 11.6 Å². The van der Waals surface area contributed by atoms with E-state index in [1.165, 1.54) is 5.56 Å². The number of hydrogen-bond acceptors (Lipinski definition) is 2. The fraction of sp³-hybridized carbons (Fsp3) is 0.0588. The molecule has 0 saturated carbocycles. The summed E-state index contributed by atoms with van der Waals surface area (Å²) < 4.78 is 0. The number of aromatic nitrogens is 1. The van der Waals surface area contributed by atoms with Gasteiger partial charge in [0.05, 0.1) is 11.1 Å². The molecule has 0 bridgehead atoms. The van der Waals surface area contributed by atoms with Crippen molar-refractivity contribution >= 4 is 16.9 Å². The lowest BCUT2D eigenvalue weighted by molar-refractivity contribution is 0.0699. The second-order valence-electron chi connectivity index (χ2n) is 4.73. The molecule has 0 amide bonds. The van der Waals surface area contributed by atoms with Gasteiger partial charge in [-0.3, -0.25) is 4.98 Å². The van der Waals surface area contributed by atoms with Gasteiger partial charge in [-0.05, 0) is 30.2 Å². The number of benzene rings is 2. The molecule has 0 saturated heterocycles. The molecule has 3 nitrogen and oxygen atoms in total. The van der Waals surface area contributed by atoms with Crippen LogP contribution in [0.4, 0.5) is 0 Å². The number of carboxylic acid groups (broad SMARTS) is 1. The van der Waals surface area contributed by atoms with Crippen LogP contribution in [-0.2, 0) is 0 Å². The summed E-state index contributed by atoms with van der Waals surface area (Å²) in [6.07, 6.45) is 1.62. The van der Waals surface area contributed by atoms with E-state index in [1.807, 2.05) is 43.3 Å². The molecule has 2 aromatic carbocycles. The predicted molar refractivity (Wildman–Crippen MR) is 78.9 cm³/mol. The van der Waals surface area contributed by atoms with Crippen molar-refractivity contribution in [2.45, 2.75) is 6.92 Å². The standard InChI is InChI=1S/C17H13NO2/c1-11-4-2-5-12(10-11)13-7-8-15(17(19)20)16-14(13)6-3-9-18-16/h2-10H,1H3,(H,19,20). The Morgan fingerprint density at radius 2 is 1.95 bits per heavy atom. The van der Waals surface area contributed by atoms with Gasteiger partial charge in [-0.25, -0.2) is 4.79 Å². The van der Waals surface area contributed by atoms with Gasteiger partial charge in [-0.1, -0.05) is 42.0 Å². The van der Waals surface area contributed by atoms with Crippen molar-refractivity contribution in [3.05, 3.63) is 65.9 Å². The smallest absolute Gasteiger partial charge is 0.337 e. The van der Waals surface area contributed by atoms with E-state index >= 15 is 0 Å². The number of carboxylic acids is 1. The first-order valence-corrected chi connectivity index (χ1v) is 6.35. The Labute approximate surface area is 116 Å². The lowest BCUT2D eigenvalue weighted by atomic mass is 9.97. The molecular formula is C17H13NO2. The maximum atomic E-state index is 11.3. The Hall–Kier alpha value is -2.68. The Bertz CT molecular complexity index is 809. The molecular weight excluding hydrogens is 250 g/mol. The quantitative estimate of drug-likeness (QED) is 0.762. The summed E-state index contributed by atoms with van der Waals surface area (Å²) in [5.74, 6) is -0.954. The summed E-state index contributed by atoms with van der Waals surface area (Å²) in [7, 11) is 0. The van der Waals surface area contributed by atoms with Crippen LogP contribution in [0.3, 0.4) is 0 Å². The van der Waals surface area contributed by atoms with E-state index in [9.17, 15) is 9.90 Å². The van der Waals surface area contributed by atoms with Crippen LogP contribution in [0.25, 0.3) is 22.0 Å². The van der Waals surface area contributed by atoms with E-state index in [0.717, 1.165) is 16.5 Å². The molecule has 0 radical (unpaired) electrons. The molecule has 0 spiro atoms. The SMILES string of the molecule is Cc1cccc(-c2ccc(C(=O)O)c3ncccc23)c1. The van der Waals surface area contributed by atoms with Crippen molar-refractivity contribution in [1.82, 2.24) is 4.98 Å². The Kier molecular flexibility index (Phi) is 2.95. The second kappa shape index (κ2) is 4.78. The summed E-state index contributed by atoms with van der Waals surface area (Å²) in [5.41, 5.74) is 4.00. The maximum Gasteiger partial charge on any atom is 0.337 e. The molecule has 3 aromatic rings. The minimum atomic E-state index is -0.954. The van der Waals surface area contributed by atoms with Crippen LogP contribution in [0.1, 0.15) is 15.9 Å². The third-order valence-electron chi connectivity index (χ3n) is 3.33. The minimum Gasteiger partial charge on any atom is -0.478 e. The zero-order chi connectivity index (χ0) is 14.1. The van der Waals surface area contributed by atoms with Crippen LogP contribution in [0.5, 0.6) is 0 Å². The van der Waals surface area contributed by atoms with Crippen LogP contribution >= 0.6 is 0 Å². The molecule has 0 aliphatic carbocycles. The monoisotopic (exact) mass is 263 g/mol. The molecule has 3 rings (SSSR count). The molecule has 98 valence electrons. The van der Waals surface area contributed by atoms with Gasteiger partial charge < -0.3 is 5.11 Å². The van der Waals surface area contributed by atoms with Crippen molar-refractivity contribution in [3.8, 4) is 11.1 Å². The van der Waals surface area contributed by atoms with Gasteiger partial charge in [0.2, 0.25) is 0 Å². The van der Waals surface area contributed by atoms with E-state index in [-0.39, 0.29) is 5.56 Å². The molecule has 1 N–H and O–H groups in total. The van der Waals surface area contributed by atoms with Gasteiger partial charge in [0.15, 0.2) is 0 Å². The number of carbonyl (C=O) groups is 1. The predicted octanol–water partition coefficient (Wildman–Crippen LogP) is 3.91. The second-order valence-corrected chi connectivity index (χ2v) is 4.73. The highest BCUT2D eigenvalue weighted by atomic mass is 16.4. The average molecular weight is 263 g/mol. The highest BCUT2D eigenvalue weighted by Gasteiger charge is 2.13. The first-order chi connectivity index (χ1) is 9.66. The van der Waals surface area contributed by atoms with Crippen LogP contribution in [-0.4, -0.2) is 16.1 Å². The van der Waals surface area contributed by atoms with Gasteiger partial charge in [-0.15, -0.1) is 0 Å². The number of fused-ring (bicyclic) bond motifs is 1. The third kappa shape index (κ3) is 2.03. The molecule has 0 aliphatic heterocycles. The fourth-order valence-electron chi connectivity index (χ4n) is 2.41. The first kappa shape index (κ1) is 12.4. The highest BCUT2D eigenvalue weighted by molar-refractivity contribution is 6.06. The normalized spacial score (nSPS) is 10.7. The Morgan fingerprint density at radius 3 is 2.70 bits per heavy atom. The van der Waals surface area contributed by atoms with Gasteiger partial charge >= 0.3 is 5.97 Å². The van der Waals surface area contributed by atoms with Crippen molar-refractivity contribution < 1.29 is 9.90 Å². The average Bonchev–Trinajstić information content (AvgIpc) is 2.46. The summed E-state index contributed by atoms with van der Waals surface area (Å²) in [5, 5.41) is 10.1. The van der Waals surface area contributed by atoms with Crippen molar-refractivity contribution in [2.24, 2.45) is 0 Å². The maximum absolute atomic E-state index is 11.3. The third-order valence-corrected chi connectivity index (χ3v) is 3.33.